The van der Waals surface area contributed by atoms with Gasteiger partial charge in [-0.05, 0) is 54.8 Å². The average molecular weight is 442 g/mol. The molecule has 2 rings (SSSR count). The number of rotatable bonds is 8. The van der Waals surface area contributed by atoms with Gasteiger partial charge < -0.3 is 10.6 Å². The zero-order valence-corrected chi connectivity index (χ0v) is 17.1. The summed E-state index contributed by atoms with van der Waals surface area (Å²) < 4.78 is 0. The minimum Gasteiger partial charge on any atom is -0.340 e. The Labute approximate surface area is 175 Å². The lowest BCUT2D eigenvalue weighted by atomic mass is 10.1. The van der Waals surface area contributed by atoms with Crippen LogP contribution in [0.25, 0.3) is 0 Å². The molecule has 10 heteroatoms. The van der Waals surface area contributed by atoms with Crippen LogP contribution in [0.15, 0.2) is 42.5 Å². The Morgan fingerprint density at radius 2 is 1.86 bits per heavy atom. The second-order valence-corrected chi connectivity index (χ2v) is 7.56. The summed E-state index contributed by atoms with van der Waals surface area (Å²) in [6, 6.07) is 9.49. The number of nitro benzene ring substituents is 1. The smallest absolute Gasteiger partial charge is 0.288 e. The Balaban J connectivity index is 2.15. The van der Waals surface area contributed by atoms with Gasteiger partial charge in [0.2, 0.25) is 5.91 Å². The minimum absolute atomic E-state index is 0.0459. The largest absolute Gasteiger partial charge is 0.340 e. The van der Waals surface area contributed by atoms with Gasteiger partial charge in [-0.1, -0.05) is 23.2 Å². The van der Waals surface area contributed by atoms with Crippen LogP contribution < -0.4 is 10.6 Å². The van der Waals surface area contributed by atoms with Crippen LogP contribution in [0.3, 0.4) is 0 Å². The monoisotopic (exact) mass is 441 g/mol. The molecule has 0 aliphatic carbocycles. The number of thioether (sulfide) groups is 1. The zero-order valence-electron chi connectivity index (χ0n) is 14.8. The topological polar surface area (TPSA) is 101 Å². The van der Waals surface area contributed by atoms with Crippen LogP contribution in [-0.2, 0) is 4.79 Å². The molecular formula is C18H17Cl2N3O4S. The number of amides is 2. The third kappa shape index (κ3) is 6.12. The van der Waals surface area contributed by atoms with Crippen LogP contribution in [0, 0.1) is 10.1 Å². The van der Waals surface area contributed by atoms with E-state index in [0.29, 0.717) is 22.9 Å². The lowest BCUT2D eigenvalue weighted by Crippen LogP contribution is -2.44. The molecule has 2 aromatic carbocycles. The summed E-state index contributed by atoms with van der Waals surface area (Å²) in [7, 11) is 0. The molecule has 2 amide bonds. The third-order valence-electron chi connectivity index (χ3n) is 3.75. The SMILES string of the molecule is CSCCC(NC(=O)c1ccc(Cl)c([N+](=O)[O-])c1)C(=O)Nc1ccc(Cl)cc1. The molecule has 0 spiro atoms. The lowest BCUT2D eigenvalue weighted by Gasteiger charge is -2.18. The molecule has 2 N–H and O–H groups in total. The standard InChI is InChI=1S/C18H17Cl2N3O4S/c1-28-9-8-15(18(25)21-13-5-3-12(19)4-6-13)22-17(24)11-2-7-14(20)16(10-11)23(26)27/h2-7,10,15H,8-9H2,1H3,(H,21,25)(H,22,24). The molecular weight excluding hydrogens is 425 g/mol. The van der Waals surface area contributed by atoms with Crippen LogP contribution in [0.2, 0.25) is 10.0 Å². The van der Waals surface area contributed by atoms with E-state index in [9.17, 15) is 19.7 Å². The van der Waals surface area contributed by atoms with Crippen molar-refractivity contribution in [2.45, 2.75) is 12.5 Å². The molecule has 0 saturated heterocycles. The van der Waals surface area contributed by atoms with Gasteiger partial charge in [0.25, 0.3) is 11.6 Å². The summed E-state index contributed by atoms with van der Waals surface area (Å²) in [5.41, 5.74) is 0.213. The van der Waals surface area contributed by atoms with Crippen molar-refractivity contribution >= 4 is 58.2 Å². The molecule has 0 aliphatic heterocycles. The summed E-state index contributed by atoms with van der Waals surface area (Å²) in [6.07, 6.45) is 2.28. The maximum atomic E-state index is 12.6. The maximum absolute atomic E-state index is 12.6. The first-order valence-corrected chi connectivity index (χ1v) is 10.3. The molecule has 0 aliphatic rings. The van der Waals surface area contributed by atoms with E-state index in [1.165, 1.54) is 23.9 Å². The molecule has 0 radical (unpaired) electrons. The van der Waals surface area contributed by atoms with Gasteiger partial charge in [0.05, 0.1) is 4.92 Å². The van der Waals surface area contributed by atoms with Crippen molar-refractivity contribution in [1.29, 1.82) is 0 Å². The van der Waals surface area contributed by atoms with E-state index >= 15 is 0 Å². The van der Waals surface area contributed by atoms with Gasteiger partial charge in [0, 0.05) is 22.3 Å². The van der Waals surface area contributed by atoms with E-state index in [-0.39, 0.29) is 16.3 Å². The van der Waals surface area contributed by atoms with Crippen LogP contribution in [0.5, 0.6) is 0 Å². The van der Waals surface area contributed by atoms with E-state index in [0.717, 1.165) is 6.07 Å². The van der Waals surface area contributed by atoms with Crippen LogP contribution >= 0.6 is 35.0 Å². The van der Waals surface area contributed by atoms with Crippen LogP contribution in [0.1, 0.15) is 16.8 Å². The number of hydrogen-bond acceptors (Lipinski definition) is 5. The first-order valence-electron chi connectivity index (χ1n) is 8.12. The molecule has 2 aromatic rings. The van der Waals surface area contributed by atoms with Gasteiger partial charge in [-0.2, -0.15) is 11.8 Å². The normalized spacial score (nSPS) is 11.5. The van der Waals surface area contributed by atoms with Gasteiger partial charge in [0.1, 0.15) is 11.1 Å². The zero-order chi connectivity index (χ0) is 20.7. The van der Waals surface area contributed by atoms with Crippen molar-refractivity contribution in [3.63, 3.8) is 0 Å². The molecule has 7 nitrogen and oxygen atoms in total. The van der Waals surface area contributed by atoms with Crippen molar-refractivity contribution in [3.8, 4) is 0 Å². The Morgan fingerprint density at radius 3 is 2.46 bits per heavy atom. The number of anilines is 1. The second-order valence-electron chi connectivity index (χ2n) is 5.73. The summed E-state index contributed by atoms with van der Waals surface area (Å²) in [5.74, 6) is -0.356. The van der Waals surface area contributed by atoms with Crippen molar-refractivity contribution in [2.24, 2.45) is 0 Å². The van der Waals surface area contributed by atoms with E-state index in [4.69, 9.17) is 23.2 Å². The predicted octanol–water partition coefficient (Wildman–Crippen LogP) is 4.39. The molecule has 0 aromatic heterocycles. The summed E-state index contributed by atoms with van der Waals surface area (Å²) in [6.45, 7) is 0. The van der Waals surface area contributed by atoms with Gasteiger partial charge in [0.15, 0.2) is 0 Å². The van der Waals surface area contributed by atoms with E-state index in [2.05, 4.69) is 10.6 Å². The molecule has 0 heterocycles. The van der Waals surface area contributed by atoms with Crippen molar-refractivity contribution in [1.82, 2.24) is 5.32 Å². The van der Waals surface area contributed by atoms with E-state index in [1.807, 2.05) is 6.26 Å². The van der Waals surface area contributed by atoms with Crippen LogP contribution in [0.4, 0.5) is 11.4 Å². The second kappa shape index (κ2) is 10.3. The lowest BCUT2D eigenvalue weighted by molar-refractivity contribution is -0.384. The number of carbonyl (C=O) groups is 2. The molecule has 0 fully saturated rings. The Hall–Kier alpha value is -2.29. The highest BCUT2D eigenvalue weighted by molar-refractivity contribution is 7.98. The molecule has 148 valence electrons. The first kappa shape index (κ1) is 22.0. The fourth-order valence-corrected chi connectivity index (χ4v) is 3.09. The van der Waals surface area contributed by atoms with Crippen molar-refractivity contribution in [3.05, 3.63) is 68.2 Å². The highest BCUT2D eigenvalue weighted by atomic mass is 35.5. The van der Waals surface area contributed by atoms with E-state index < -0.39 is 22.8 Å². The summed E-state index contributed by atoms with van der Waals surface area (Å²) >= 11 is 13.1. The number of carbonyl (C=O) groups excluding carboxylic acids is 2. The first-order chi connectivity index (χ1) is 13.3. The number of hydrogen-bond donors (Lipinski definition) is 2. The number of nitrogens with zero attached hydrogens (tertiary/aromatic N) is 1. The van der Waals surface area contributed by atoms with E-state index in [1.54, 1.807) is 24.3 Å². The van der Waals surface area contributed by atoms with Gasteiger partial charge >= 0.3 is 0 Å². The number of halogens is 2. The third-order valence-corrected chi connectivity index (χ3v) is 4.96. The summed E-state index contributed by atoms with van der Waals surface area (Å²) in [5, 5.41) is 16.8. The molecule has 1 unspecified atom stereocenters. The Kier molecular flexibility index (Phi) is 8.10. The number of nitro groups is 1. The van der Waals surface area contributed by atoms with Crippen LogP contribution in [-0.4, -0.2) is 34.8 Å². The molecule has 0 saturated carbocycles. The fourth-order valence-electron chi connectivity index (χ4n) is 2.30. The average Bonchev–Trinajstić information content (AvgIpc) is 2.66. The maximum Gasteiger partial charge on any atom is 0.288 e. The summed E-state index contributed by atoms with van der Waals surface area (Å²) in [4.78, 5) is 35.5. The molecule has 0 bridgehead atoms. The highest BCUT2D eigenvalue weighted by Crippen LogP contribution is 2.25. The minimum atomic E-state index is -0.814. The highest BCUT2D eigenvalue weighted by Gasteiger charge is 2.23. The predicted molar refractivity (Wildman–Crippen MR) is 112 cm³/mol. The van der Waals surface area contributed by atoms with Crippen molar-refractivity contribution < 1.29 is 14.5 Å². The number of nitrogens with one attached hydrogen (secondary N) is 2. The Morgan fingerprint density at radius 1 is 1.18 bits per heavy atom. The quantitative estimate of drug-likeness (QED) is 0.467. The van der Waals surface area contributed by atoms with Gasteiger partial charge in [-0.3, -0.25) is 19.7 Å². The molecule has 28 heavy (non-hydrogen) atoms. The Bertz CT molecular complexity index is 878. The fraction of sp³-hybridized carbons (Fsp3) is 0.222. The molecule has 1 atom stereocenters. The van der Waals surface area contributed by atoms with Crippen molar-refractivity contribution in [2.75, 3.05) is 17.3 Å². The number of benzene rings is 2. The van der Waals surface area contributed by atoms with Gasteiger partial charge in [-0.25, -0.2) is 0 Å². The van der Waals surface area contributed by atoms with Gasteiger partial charge in [-0.15, -0.1) is 0 Å².